The monoisotopic (exact) mass is 372 g/mol. The number of rotatable bonds is 3. The van der Waals surface area contributed by atoms with Crippen molar-refractivity contribution in [3.8, 4) is 0 Å². The van der Waals surface area contributed by atoms with Gasteiger partial charge in [-0.25, -0.2) is 0 Å². The number of pyridine rings is 1. The number of aromatic nitrogens is 1. The first-order valence-corrected chi connectivity index (χ1v) is 9.29. The Hall–Kier alpha value is -3.47. The zero-order chi connectivity index (χ0) is 19.7. The van der Waals surface area contributed by atoms with E-state index < -0.39 is 6.04 Å². The predicted molar refractivity (Wildman–Crippen MR) is 108 cm³/mol. The van der Waals surface area contributed by atoms with Crippen LogP contribution < -0.4 is 14.8 Å². The van der Waals surface area contributed by atoms with E-state index in [0.717, 1.165) is 28.2 Å². The summed E-state index contributed by atoms with van der Waals surface area (Å²) in [4.78, 5) is 28.1. The number of carbonyl (C=O) groups excluding carboxylic acids is 2. The van der Waals surface area contributed by atoms with E-state index in [-0.39, 0.29) is 18.4 Å². The lowest BCUT2D eigenvalue weighted by Crippen LogP contribution is -2.58. The predicted octanol–water partition coefficient (Wildman–Crippen LogP) is 3.32. The zero-order valence-corrected chi connectivity index (χ0v) is 15.9. The van der Waals surface area contributed by atoms with Crippen LogP contribution in [-0.4, -0.2) is 11.8 Å². The molecule has 2 aromatic carbocycles. The first-order valence-electron chi connectivity index (χ1n) is 9.29. The third-order valence-electron chi connectivity index (χ3n) is 5.11. The molecule has 2 heterocycles. The second-order valence-corrected chi connectivity index (χ2v) is 7.01. The van der Waals surface area contributed by atoms with Crippen molar-refractivity contribution in [3.63, 3.8) is 0 Å². The van der Waals surface area contributed by atoms with Crippen LogP contribution in [0.5, 0.6) is 0 Å². The third kappa shape index (κ3) is 3.16. The van der Waals surface area contributed by atoms with Crippen LogP contribution in [-0.2, 0) is 16.1 Å². The van der Waals surface area contributed by atoms with Gasteiger partial charge in [-0.15, -0.1) is 0 Å². The van der Waals surface area contributed by atoms with Gasteiger partial charge in [0, 0.05) is 23.5 Å². The third-order valence-corrected chi connectivity index (χ3v) is 5.11. The van der Waals surface area contributed by atoms with Gasteiger partial charge in [-0.3, -0.25) is 14.5 Å². The molecule has 0 fully saturated rings. The molecule has 0 saturated heterocycles. The molecule has 1 unspecified atom stereocenters. The summed E-state index contributed by atoms with van der Waals surface area (Å²) >= 11 is 0. The lowest BCUT2D eigenvalue weighted by atomic mass is 10.0. The average molecular weight is 372 g/mol. The minimum Gasteiger partial charge on any atom is -0.324 e. The Morgan fingerprint density at radius 2 is 1.64 bits per heavy atom. The molecule has 1 aliphatic rings. The smallest absolute Gasteiger partial charge is 0.294 e. The van der Waals surface area contributed by atoms with Crippen LogP contribution in [0.1, 0.15) is 22.9 Å². The summed E-state index contributed by atoms with van der Waals surface area (Å²) < 4.78 is 1.85. The van der Waals surface area contributed by atoms with Gasteiger partial charge in [0.2, 0.25) is 18.3 Å². The summed E-state index contributed by atoms with van der Waals surface area (Å²) in [6.07, 6.45) is 1.84. The van der Waals surface area contributed by atoms with Crippen LogP contribution in [0.2, 0.25) is 0 Å². The summed E-state index contributed by atoms with van der Waals surface area (Å²) in [7, 11) is 0. The first-order chi connectivity index (χ1) is 13.6. The first kappa shape index (κ1) is 17.9. The van der Waals surface area contributed by atoms with Crippen molar-refractivity contribution in [2.24, 2.45) is 0 Å². The number of nitrogens with one attached hydrogen (secondary N) is 1. The number of anilines is 2. The largest absolute Gasteiger partial charge is 0.324 e. The van der Waals surface area contributed by atoms with Gasteiger partial charge in [-0.05, 0) is 37.1 Å². The van der Waals surface area contributed by atoms with Crippen LogP contribution in [0.4, 0.5) is 11.4 Å². The number of carbonyl (C=O) groups is 2. The molecule has 5 nitrogen and oxygen atoms in total. The number of aryl methyl sites for hydroxylation is 2. The van der Waals surface area contributed by atoms with Crippen molar-refractivity contribution in [2.75, 3.05) is 10.2 Å². The second-order valence-electron chi connectivity index (χ2n) is 7.01. The fourth-order valence-electron chi connectivity index (χ4n) is 3.65. The summed E-state index contributed by atoms with van der Waals surface area (Å²) in [6, 6.07) is 20.2. The molecule has 28 heavy (non-hydrogen) atoms. The molecule has 0 saturated carbocycles. The van der Waals surface area contributed by atoms with E-state index in [2.05, 4.69) is 5.32 Å². The van der Waals surface area contributed by atoms with Crippen molar-refractivity contribution in [3.05, 3.63) is 89.7 Å². The van der Waals surface area contributed by atoms with Crippen molar-refractivity contribution in [2.45, 2.75) is 26.4 Å². The zero-order valence-electron chi connectivity index (χ0n) is 15.9. The summed E-state index contributed by atoms with van der Waals surface area (Å²) in [5.74, 6) is -0.339. The van der Waals surface area contributed by atoms with Crippen LogP contribution >= 0.6 is 0 Å². The van der Waals surface area contributed by atoms with Gasteiger partial charge in [0.1, 0.15) is 0 Å². The summed E-state index contributed by atoms with van der Waals surface area (Å²) in [6.45, 7) is 4.11. The van der Waals surface area contributed by atoms with E-state index in [1.807, 2.05) is 91.3 Å². The van der Waals surface area contributed by atoms with E-state index in [9.17, 15) is 9.59 Å². The van der Waals surface area contributed by atoms with Crippen LogP contribution in [0.15, 0.2) is 72.9 Å². The van der Waals surface area contributed by atoms with Gasteiger partial charge in [0.25, 0.3) is 11.8 Å². The highest BCUT2D eigenvalue weighted by Crippen LogP contribution is 2.32. The van der Waals surface area contributed by atoms with Crippen molar-refractivity contribution in [1.82, 2.24) is 0 Å². The topological polar surface area (TPSA) is 53.3 Å². The molecule has 1 aromatic heterocycles. The van der Waals surface area contributed by atoms with E-state index in [1.165, 1.54) is 0 Å². The Morgan fingerprint density at radius 3 is 2.39 bits per heavy atom. The molecule has 5 heteroatoms. The maximum atomic E-state index is 13.4. The maximum absolute atomic E-state index is 13.4. The molecule has 2 amide bonds. The molecule has 1 N–H and O–H groups in total. The number of nitrogens with zero attached hydrogens (tertiary/aromatic N) is 2. The van der Waals surface area contributed by atoms with Crippen molar-refractivity contribution in [1.29, 1.82) is 0 Å². The molecule has 0 aliphatic carbocycles. The fourth-order valence-corrected chi connectivity index (χ4v) is 3.65. The Morgan fingerprint density at radius 1 is 0.964 bits per heavy atom. The number of para-hydroxylation sites is 2. The minimum atomic E-state index is -0.747. The summed E-state index contributed by atoms with van der Waals surface area (Å²) in [5, 5.41) is 3.01. The molecule has 3 aromatic rings. The molecule has 1 atom stereocenters. The lowest BCUT2D eigenvalue weighted by Gasteiger charge is -2.33. The maximum Gasteiger partial charge on any atom is 0.294 e. The lowest BCUT2D eigenvalue weighted by molar-refractivity contribution is -0.695. The highest BCUT2D eigenvalue weighted by molar-refractivity contribution is 6.06. The average Bonchev–Trinajstić information content (AvgIpc) is 2.69. The molecule has 1 aliphatic heterocycles. The van der Waals surface area contributed by atoms with Gasteiger partial charge in [-0.1, -0.05) is 42.5 Å². The highest BCUT2D eigenvalue weighted by Gasteiger charge is 2.44. The number of hydrogen-bond donors (Lipinski definition) is 1. The van der Waals surface area contributed by atoms with Gasteiger partial charge >= 0.3 is 0 Å². The Labute approximate surface area is 164 Å². The Balaban J connectivity index is 1.81. The van der Waals surface area contributed by atoms with Crippen LogP contribution in [0, 0.1) is 13.8 Å². The molecule has 140 valence electrons. The minimum absolute atomic E-state index is 0.108. The molecule has 0 radical (unpaired) electrons. The summed E-state index contributed by atoms with van der Waals surface area (Å²) in [5.41, 5.74) is 4.22. The molecule has 0 bridgehead atoms. The number of hydrogen-bond acceptors (Lipinski definition) is 2. The SMILES string of the molecule is Cc1ccccc1NC(=O)C1c2cccc[n+]2CC(=O)N1c1ccccc1C. The number of fused-ring (bicyclic) bond motifs is 1. The number of amides is 2. The molecular formula is C23H22N3O2+. The molecular weight excluding hydrogens is 350 g/mol. The van der Waals surface area contributed by atoms with Gasteiger partial charge < -0.3 is 5.32 Å². The van der Waals surface area contributed by atoms with E-state index in [1.54, 1.807) is 4.90 Å². The van der Waals surface area contributed by atoms with Crippen LogP contribution in [0.25, 0.3) is 0 Å². The Bertz CT molecular complexity index is 1060. The molecule has 0 spiro atoms. The van der Waals surface area contributed by atoms with E-state index in [4.69, 9.17) is 0 Å². The fraction of sp³-hybridized carbons (Fsp3) is 0.174. The Kier molecular flexibility index (Phi) is 4.65. The van der Waals surface area contributed by atoms with Gasteiger partial charge in [-0.2, -0.15) is 4.57 Å². The van der Waals surface area contributed by atoms with E-state index >= 15 is 0 Å². The second kappa shape index (κ2) is 7.27. The molecule has 4 rings (SSSR count). The number of benzene rings is 2. The van der Waals surface area contributed by atoms with Gasteiger partial charge in [0.05, 0.1) is 0 Å². The normalized spacial score (nSPS) is 15.9. The standard InChI is InChI=1S/C23H21N3O2/c1-16-9-3-5-11-18(16)24-23(28)22-20-13-7-8-14-25(20)15-21(27)26(22)19-12-6-4-10-17(19)2/h3-14,22H,15H2,1-2H3/p+1. The highest BCUT2D eigenvalue weighted by atomic mass is 16.2. The van der Waals surface area contributed by atoms with Crippen molar-refractivity contribution >= 4 is 23.2 Å². The quantitative estimate of drug-likeness (QED) is 0.717. The van der Waals surface area contributed by atoms with E-state index in [0.29, 0.717) is 0 Å². The van der Waals surface area contributed by atoms with Crippen molar-refractivity contribution < 1.29 is 14.2 Å². The van der Waals surface area contributed by atoms with Crippen LogP contribution in [0.3, 0.4) is 0 Å². The van der Waals surface area contributed by atoms with Gasteiger partial charge in [0.15, 0.2) is 6.20 Å².